The van der Waals surface area contributed by atoms with Crippen molar-refractivity contribution in [3.8, 4) is 28.7 Å². The zero-order valence-corrected chi connectivity index (χ0v) is 45.1. The van der Waals surface area contributed by atoms with Crippen LogP contribution >= 0.6 is 10.3 Å². The summed E-state index contributed by atoms with van der Waals surface area (Å²) >= 11 is 0. The molecule has 0 unspecified atom stereocenters. The van der Waals surface area contributed by atoms with Crippen molar-refractivity contribution >= 4 is 42.0 Å². The molecule has 0 aliphatic heterocycles. The number of ether oxygens (including phenoxy) is 6. The van der Waals surface area contributed by atoms with Crippen LogP contribution in [0.5, 0.6) is 28.7 Å². The highest BCUT2D eigenvalue weighted by molar-refractivity contribution is 8.33. The van der Waals surface area contributed by atoms with Crippen molar-refractivity contribution in [2.45, 2.75) is 150 Å². The molecular weight excluding hydrogens is 1040 g/mol. The third kappa shape index (κ3) is 12.8. The predicted molar refractivity (Wildman–Crippen MR) is 271 cm³/mol. The lowest BCUT2D eigenvalue weighted by atomic mass is 9.96. The van der Waals surface area contributed by atoms with Crippen LogP contribution in [0.1, 0.15) is 88.6 Å². The first kappa shape index (κ1) is 58.7. The molecule has 0 heterocycles. The van der Waals surface area contributed by atoms with E-state index < -0.39 is 87.6 Å². The molecule has 6 rings (SSSR count). The van der Waals surface area contributed by atoms with Gasteiger partial charge in [0.25, 0.3) is 0 Å². The minimum atomic E-state index is -7.70. The van der Waals surface area contributed by atoms with E-state index in [1.165, 1.54) is 30.3 Å². The first-order valence-electron chi connectivity index (χ1n) is 23.5. The Hall–Kier alpha value is -5.57. The molecule has 6 aromatic carbocycles. The van der Waals surface area contributed by atoms with Gasteiger partial charge in [0.15, 0.2) is 29.8 Å². The summed E-state index contributed by atoms with van der Waals surface area (Å²) in [4.78, 5) is -1.45. The second-order valence-electron chi connectivity index (χ2n) is 21.5. The zero-order chi connectivity index (χ0) is 56.0. The van der Waals surface area contributed by atoms with E-state index in [4.69, 9.17) is 32.1 Å². The minimum absolute atomic E-state index is 0.00169. The average Bonchev–Trinajstić information content (AvgIpc) is 3.27. The highest BCUT2D eigenvalue weighted by Gasteiger charge is 2.86. The average molecular weight is 1100 g/mol. The van der Waals surface area contributed by atoms with Gasteiger partial charge in [-0.2, -0.15) is 47.9 Å². The van der Waals surface area contributed by atoms with Crippen molar-refractivity contribution < 1.29 is 80.0 Å². The predicted octanol–water partition coefficient (Wildman–Crippen LogP) is 16.3. The number of benzene rings is 6. The molecule has 6 aromatic rings. The number of rotatable bonds is 18. The highest BCUT2D eigenvalue weighted by Crippen LogP contribution is 2.74. The van der Waals surface area contributed by atoms with Crippen LogP contribution in [-0.4, -0.2) is 67.5 Å². The molecule has 20 heteroatoms. The molecule has 0 saturated carbocycles. The van der Waals surface area contributed by atoms with Gasteiger partial charge in [0.1, 0.15) is 28.2 Å². The van der Waals surface area contributed by atoms with E-state index in [0.717, 1.165) is 57.4 Å². The van der Waals surface area contributed by atoms with Crippen LogP contribution in [0.25, 0.3) is 21.5 Å². The Morgan fingerprint density at radius 1 is 0.453 bits per heavy atom. The Bertz CT molecular complexity index is 3040. The molecule has 0 fully saturated rings. The lowest BCUT2D eigenvalue weighted by Gasteiger charge is -2.42. The molecule has 0 aliphatic carbocycles. The molecule has 0 radical (unpaired) electrons. The molecule has 0 aliphatic rings. The van der Waals surface area contributed by atoms with Crippen LogP contribution in [-0.2, 0) is 24.9 Å². The van der Waals surface area contributed by atoms with Crippen molar-refractivity contribution in [3.63, 3.8) is 0 Å². The van der Waals surface area contributed by atoms with Crippen LogP contribution in [0, 0.1) is 0 Å². The Labute approximate surface area is 433 Å². The normalized spacial score (nSPS) is 14.0. The maximum atomic E-state index is 16.3. The maximum Gasteiger partial charge on any atom is 0.460 e. The van der Waals surface area contributed by atoms with Gasteiger partial charge in [-0.05, 0) is 175 Å². The van der Waals surface area contributed by atoms with E-state index in [0.29, 0.717) is 6.42 Å². The summed E-state index contributed by atoms with van der Waals surface area (Å²) in [5, 5.41) is -3.35. The first-order valence-corrected chi connectivity index (χ1v) is 26.5. The molecular formula is C55H61F9O9S2. The van der Waals surface area contributed by atoms with Crippen LogP contribution in [0.2, 0.25) is 0 Å². The SMILES string of the molecule is CC(C)(C)Oc1ccc(S(OS(=O)(=O)C(F)(F)C(F)(F)C(F)(F)C(F)(F)F)(c2ccc(OC(C)(C)C)c(OC(C)(C)C)c2)c2ccccc2OCOCCc2cc3ccccc3c3ccccc23)cc1OC(C)(C)C. The third-order valence-corrected chi connectivity index (χ3v) is 15.8. The topological polar surface area (TPSA) is 98.8 Å². The van der Waals surface area contributed by atoms with Gasteiger partial charge in [-0.1, -0.05) is 66.7 Å². The number of halogens is 9. The Morgan fingerprint density at radius 3 is 1.39 bits per heavy atom. The summed E-state index contributed by atoms with van der Waals surface area (Å²) in [6, 6.07) is 29.6. The van der Waals surface area contributed by atoms with E-state index in [1.807, 2.05) is 54.6 Å². The molecule has 0 bridgehead atoms. The van der Waals surface area contributed by atoms with E-state index in [1.54, 1.807) is 83.1 Å². The van der Waals surface area contributed by atoms with Crippen LogP contribution in [0.3, 0.4) is 0 Å². The first-order chi connectivity index (χ1) is 34.3. The highest BCUT2D eigenvalue weighted by atomic mass is 32.3. The summed E-state index contributed by atoms with van der Waals surface area (Å²) in [5.74, 6) is -16.0. The van der Waals surface area contributed by atoms with Gasteiger partial charge >= 0.3 is 33.4 Å². The number of fused-ring (bicyclic) bond motifs is 3. The zero-order valence-electron chi connectivity index (χ0n) is 43.5. The van der Waals surface area contributed by atoms with E-state index in [2.05, 4.69) is 0 Å². The van der Waals surface area contributed by atoms with Gasteiger partial charge in [0, 0.05) is 9.79 Å². The largest absolute Gasteiger partial charge is 0.484 e. The molecule has 9 nitrogen and oxygen atoms in total. The van der Waals surface area contributed by atoms with Crippen molar-refractivity contribution in [2.75, 3.05) is 13.4 Å². The van der Waals surface area contributed by atoms with Gasteiger partial charge in [-0.25, -0.2) is 3.63 Å². The van der Waals surface area contributed by atoms with Gasteiger partial charge in [-0.15, -0.1) is 0 Å². The van der Waals surface area contributed by atoms with E-state index in [-0.39, 0.29) is 35.4 Å². The quantitative estimate of drug-likeness (QED) is 0.0361. The van der Waals surface area contributed by atoms with Gasteiger partial charge in [-0.3, -0.25) is 0 Å². The van der Waals surface area contributed by atoms with Crippen LogP contribution < -0.4 is 23.7 Å². The smallest absolute Gasteiger partial charge is 0.460 e. The van der Waals surface area contributed by atoms with Gasteiger partial charge in [0.05, 0.1) is 11.5 Å². The Kier molecular flexibility index (Phi) is 16.2. The van der Waals surface area contributed by atoms with E-state index >= 15 is 17.6 Å². The summed E-state index contributed by atoms with van der Waals surface area (Å²) in [7, 11) is -12.5. The fourth-order valence-corrected chi connectivity index (χ4v) is 13.0. The summed E-state index contributed by atoms with van der Waals surface area (Å²) < 4.78 is 205. The summed E-state index contributed by atoms with van der Waals surface area (Å²) in [5.41, 5.74) is -3.14. The second-order valence-corrected chi connectivity index (χ2v) is 25.9. The molecule has 0 atom stereocenters. The lowest BCUT2D eigenvalue weighted by molar-refractivity contribution is -0.382. The number of hydrogen-bond donors (Lipinski definition) is 0. The van der Waals surface area contributed by atoms with Crippen molar-refractivity contribution in [1.82, 2.24) is 0 Å². The van der Waals surface area contributed by atoms with Crippen LogP contribution in [0.4, 0.5) is 39.5 Å². The molecule has 75 heavy (non-hydrogen) atoms. The molecule has 410 valence electrons. The Balaban J connectivity index is 1.63. The monoisotopic (exact) mass is 1100 g/mol. The van der Waals surface area contributed by atoms with Gasteiger partial charge < -0.3 is 28.4 Å². The summed E-state index contributed by atoms with van der Waals surface area (Å²) in [6.45, 7) is 19.3. The van der Waals surface area contributed by atoms with E-state index in [9.17, 15) is 30.4 Å². The van der Waals surface area contributed by atoms with Crippen molar-refractivity contribution in [1.29, 1.82) is 0 Å². The molecule has 0 saturated heterocycles. The number of alkyl halides is 9. The molecule has 0 amide bonds. The fourth-order valence-electron chi connectivity index (χ4n) is 7.67. The minimum Gasteiger partial charge on any atom is -0.484 e. The number of hydrogen-bond acceptors (Lipinski definition) is 9. The van der Waals surface area contributed by atoms with Gasteiger partial charge in [0.2, 0.25) is 0 Å². The second kappa shape index (κ2) is 20.8. The number of para-hydroxylation sites is 1. The Morgan fingerprint density at radius 2 is 0.893 bits per heavy atom. The molecule has 0 N–H and O–H groups in total. The standard InChI is InChI=1S/C55H61F9O9S2/c1-48(2,3)69-42-27-25-37(32-45(42)71-50(7,8)9)74(38-26-28-43(70-49(4,5)6)46(33-38)72-51(10,11)12,73-75(65,66)55(63,64)53(58,59)52(56,57)54(60,61)62)47-24-18-17-23-44(47)68-34-67-30-29-36-31-35-19-13-14-20-39(35)41-22-16-15-21-40(36)41/h13-28,31-33H,29-30,34H2,1-12H3. The molecule has 0 aromatic heterocycles. The third-order valence-electron chi connectivity index (χ3n) is 10.6. The summed E-state index contributed by atoms with van der Waals surface area (Å²) in [6.07, 6.45) is -7.02. The van der Waals surface area contributed by atoms with Crippen LogP contribution in [0.15, 0.2) is 130 Å². The lowest BCUT2D eigenvalue weighted by Crippen LogP contribution is -2.63. The molecule has 0 spiro atoms. The van der Waals surface area contributed by atoms with Crippen molar-refractivity contribution in [2.24, 2.45) is 0 Å². The fraction of sp³-hybridized carbons (Fsp3) is 0.418. The van der Waals surface area contributed by atoms with Crippen molar-refractivity contribution in [3.05, 3.63) is 121 Å². The maximum absolute atomic E-state index is 16.3.